The molecule has 116 valence electrons. The van der Waals surface area contributed by atoms with Crippen LogP contribution in [-0.4, -0.2) is 48.4 Å². The number of ether oxygens (including phenoxy) is 1. The van der Waals surface area contributed by atoms with Crippen LogP contribution in [0.5, 0.6) is 0 Å². The lowest BCUT2D eigenvalue weighted by molar-refractivity contribution is -0.00104. The SMILES string of the molecule is CON[C@@H]1CN(C(=O)OCc2ccccc2)CCC[C@@H]1O. The van der Waals surface area contributed by atoms with Crippen molar-refractivity contribution >= 4 is 6.09 Å². The molecule has 1 aliphatic rings. The first-order valence-corrected chi connectivity index (χ1v) is 7.13. The number of hydrogen-bond acceptors (Lipinski definition) is 5. The molecule has 1 saturated heterocycles. The average Bonchev–Trinajstić information content (AvgIpc) is 2.69. The molecule has 0 saturated carbocycles. The molecular weight excluding hydrogens is 272 g/mol. The first kappa shape index (κ1) is 15.8. The minimum absolute atomic E-state index is 0.251. The van der Waals surface area contributed by atoms with Crippen LogP contribution in [0, 0.1) is 0 Å². The lowest BCUT2D eigenvalue weighted by atomic mass is 10.1. The van der Waals surface area contributed by atoms with Gasteiger partial charge in [-0.05, 0) is 18.4 Å². The van der Waals surface area contributed by atoms with Crippen molar-refractivity contribution in [3.05, 3.63) is 35.9 Å². The molecule has 6 heteroatoms. The third kappa shape index (κ3) is 4.70. The number of aliphatic hydroxyl groups is 1. The Balaban J connectivity index is 1.88. The fraction of sp³-hybridized carbons (Fsp3) is 0.533. The van der Waals surface area contributed by atoms with E-state index in [0.717, 1.165) is 12.0 Å². The Bertz CT molecular complexity index is 441. The Hall–Kier alpha value is -1.63. The Morgan fingerprint density at radius 2 is 2.19 bits per heavy atom. The lowest BCUT2D eigenvalue weighted by Gasteiger charge is -2.25. The number of nitrogens with one attached hydrogen (secondary N) is 1. The van der Waals surface area contributed by atoms with Gasteiger partial charge in [-0.2, -0.15) is 5.48 Å². The van der Waals surface area contributed by atoms with Gasteiger partial charge in [-0.1, -0.05) is 30.3 Å². The molecule has 0 radical (unpaired) electrons. The van der Waals surface area contributed by atoms with Gasteiger partial charge in [0.25, 0.3) is 0 Å². The third-order valence-corrected chi connectivity index (χ3v) is 3.54. The predicted octanol–water partition coefficient (Wildman–Crippen LogP) is 1.30. The van der Waals surface area contributed by atoms with Crippen LogP contribution in [-0.2, 0) is 16.2 Å². The number of nitrogens with zero attached hydrogens (tertiary/aromatic N) is 1. The smallest absolute Gasteiger partial charge is 0.410 e. The van der Waals surface area contributed by atoms with Gasteiger partial charge < -0.3 is 19.6 Å². The highest BCUT2D eigenvalue weighted by Gasteiger charge is 2.28. The summed E-state index contributed by atoms with van der Waals surface area (Å²) >= 11 is 0. The van der Waals surface area contributed by atoms with Gasteiger partial charge in [-0.3, -0.25) is 0 Å². The molecule has 1 fully saturated rings. The second-order valence-corrected chi connectivity index (χ2v) is 5.12. The van der Waals surface area contributed by atoms with Crippen molar-refractivity contribution in [3.8, 4) is 0 Å². The Morgan fingerprint density at radius 1 is 1.43 bits per heavy atom. The van der Waals surface area contributed by atoms with Crippen LogP contribution < -0.4 is 5.48 Å². The maximum Gasteiger partial charge on any atom is 0.410 e. The molecule has 21 heavy (non-hydrogen) atoms. The van der Waals surface area contributed by atoms with Crippen LogP contribution in [0.1, 0.15) is 18.4 Å². The molecule has 0 spiro atoms. The number of rotatable bonds is 4. The van der Waals surface area contributed by atoms with Crippen LogP contribution >= 0.6 is 0 Å². The molecule has 1 amide bonds. The quantitative estimate of drug-likeness (QED) is 0.819. The van der Waals surface area contributed by atoms with E-state index in [4.69, 9.17) is 9.57 Å². The zero-order chi connectivity index (χ0) is 15.1. The minimum atomic E-state index is -0.531. The number of amides is 1. The van der Waals surface area contributed by atoms with Gasteiger partial charge in [-0.25, -0.2) is 4.79 Å². The molecular formula is C15H22N2O4. The summed E-state index contributed by atoms with van der Waals surface area (Å²) in [5.41, 5.74) is 3.68. The normalized spacial score (nSPS) is 22.7. The van der Waals surface area contributed by atoms with E-state index >= 15 is 0 Å². The Morgan fingerprint density at radius 3 is 2.90 bits per heavy atom. The molecule has 0 aromatic heterocycles. The van der Waals surface area contributed by atoms with Gasteiger partial charge in [-0.15, -0.1) is 0 Å². The monoisotopic (exact) mass is 294 g/mol. The number of hydrogen-bond donors (Lipinski definition) is 2. The first-order valence-electron chi connectivity index (χ1n) is 7.13. The van der Waals surface area contributed by atoms with Crippen LogP contribution in [0.15, 0.2) is 30.3 Å². The van der Waals surface area contributed by atoms with Gasteiger partial charge in [0, 0.05) is 13.1 Å². The van der Waals surface area contributed by atoms with E-state index < -0.39 is 6.10 Å². The van der Waals surface area contributed by atoms with Crippen molar-refractivity contribution in [2.24, 2.45) is 0 Å². The summed E-state index contributed by atoms with van der Waals surface area (Å²) in [6, 6.07) is 9.25. The number of hydroxylamine groups is 1. The maximum absolute atomic E-state index is 12.1. The van der Waals surface area contributed by atoms with Crippen LogP contribution in [0.2, 0.25) is 0 Å². The standard InChI is InChI=1S/C15H22N2O4/c1-20-16-13-10-17(9-5-8-14(13)18)15(19)21-11-12-6-3-2-4-7-12/h2-4,6-7,13-14,16,18H,5,8-11H2,1H3/t13-,14+/m1/s1. The van der Waals surface area contributed by atoms with Crippen molar-refractivity contribution < 1.29 is 19.5 Å². The van der Waals surface area contributed by atoms with Crippen LogP contribution in [0.4, 0.5) is 4.79 Å². The van der Waals surface area contributed by atoms with E-state index in [2.05, 4.69) is 5.48 Å². The highest BCUT2D eigenvalue weighted by molar-refractivity contribution is 5.67. The predicted molar refractivity (Wildman–Crippen MR) is 77.4 cm³/mol. The van der Waals surface area contributed by atoms with E-state index in [-0.39, 0.29) is 18.7 Å². The average molecular weight is 294 g/mol. The summed E-state index contributed by atoms with van der Waals surface area (Å²) in [6.45, 7) is 1.19. The van der Waals surface area contributed by atoms with Crippen molar-refractivity contribution in [1.29, 1.82) is 0 Å². The van der Waals surface area contributed by atoms with E-state index in [1.165, 1.54) is 7.11 Å². The fourth-order valence-electron chi connectivity index (χ4n) is 2.39. The van der Waals surface area contributed by atoms with Gasteiger partial charge >= 0.3 is 6.09 Å². The summed E-state index contributed by atoms with van der Waals surface area (Å²) in [7, 11) is 1.50. The van der Waals surface area contributed by atoms with Crippen molar-refractivity contribution in [2.75, 3.05) is 20.2 Å². The molecule has 2 rings (SSSR count). The highest BCUT2D eigenvalue weighted by Crippen LogP contribution is 2.13. The fourth-order valence-corrected chi connectivity index (χ4v) is 2.39. The number of likely N-dealkylation sites (tertiary alicyclic amines) is 1. The topological polar surface area (TPSA) is 71.0 Å². The zero-order valence-corrected chi connectivity index (χ0v) is 12.2. The molecule has 1 aliphatic heterocycles. The maximum atomic E-state index is 12.1. The minimum Gasteiger partial charge on any atom is -0.445 e. The molecule has 2 atom stereocenters. The second-order valence-electron chi connectivity index (χ2n) is 5.12. The summed E-state index contributed by atoms with van der Waals surface area (Å²) in [5.74, 6) is 0. The van der Waals surface area contributed by atoms with Gasteiger partial charge in [0.2, 0.25) is 0 Å². The van der Waals surface area contributed by atoms with E-state index in [0.29, 0.717) is 19.5 Å². The lowest BCUT2D eigenvalue weighted by Crippen LogP contribution is -2.47. The summed E-state index contributed by atoms with van der Waals surface area (Å²) in [4.78, 5) is 18.6. The molecule has 6 nitrogen and oxygen atoms in total. The number of carbonyl (C=O) groups excluding carboxylic acids is 1. The summed E-state index contributed by atoms with van der Waals surface area (Å²) < 4.78 is 5.32. The second kappa shape index (κ2) is 7.97. The van der Waals surface area contributed by atoms with Gasteiger partial charge in [0.1, 0.15) is 6.61 Å². The summed E-state index contributed by atoms with van der Waals surface area (Å²) in [6.07, 6.45) is 0.472. The van der Waals surface area contributed by atoms with E-state index in [1.54, 1.807) is 4.90 Å². The molecule has 0 unspecified atom stereocenters. The molecule has 0 aliphatic carbocycles. The number of aliphatic hydroxyl groups excluding tert-OH is 1. The van der Waals surface area contributed by atoms with Gasteiger partial charge in [0.05, 0.1) is 19.3 Å². The third-order valence-electron chi connectivity index (χ3n) is 3.54. The molecule has 1 aromatic rings. The highest BCUT2D eigenvalue weighted by atomic mass is 16.6. The molecule has 0 bridgehead atoms. The van der Waals surface area contributed by atoms with Crippen LogP contribution in [0.25, 0.3) is 0 Å². The Kier molecular flexibility index (Phi) is 5.98. The zero-order valence-electron chi connectivity index (χ0n) is 12.2. The number of carbonyl (C=O) groups is 1. The van der Waals surface area contributed by atoms with Gasteiger partial charge in [0.15, 0.2) is 0 Å². The molecule has 1 aromatic carbocycles. The van der Waals surface area contributed by atoms with E-state index in [9.17, 15) is 9.90 Å². The van der Waals surface area contributed by atoms with Crippen molar-refractivity contribution in [3.63, 3.8) is 0 Å². The van der Waals surface area contributed by atoms with E-state index in [1.807, 2.05) is 30.3 Å². The molecule has 2 N–H and O–H groups in total. The summed E-state index contributed by atoms with van der Waals surface area (Å²) in [5, 5.41) is 9.97. The number of benzene rings is 1. The van der Waals surface area contributed by atoms with Crippen molar-refractivity contribution in [2.45, 2.75) is 31.6 Å². The van der Waals surface area contributed by atoms with Crippen molar-refractivity contribution in [1.82, 2.24) is 10.4 Å². The largest absolute Gasteiger partial charge is 0.445 e. The molecule has 1 heterocycles. The Labute approximate surface area is 124 Å². The van der Waals surface area contributed by atoms with Crippen LogP contribution in [0.3, 0.4) is 0 Å². The first-order chi connectivity index (χ1) is 10.2.